The van der Waals surface area contributed by atoms with Crippen molar-refractivity contribution in [3.05, 3.63) is 65.5 Å². The van der Waals surface area contributed by atoms with E-state index in [1.807, 2.05) is 6.92 Å². The lowest BCUT2D eigenvalue weighted by Crippen LogP contribution is -2.50. The van der Waals surface area contributed by atoms with E-state index >= 15 is 0 Å². The van der Waals surface area contributed by atoms with E-state index in [0.29, 0.717) is 16.8 Å². The number of benzene rings is 1. The molecule has 15 heteroatoms. The number of fused-ring (bicyclic) bond motifs is 1. The van der Waals surface area contributed by atoms with Gasteiger partial charge >= 0.3 is 6.18 Å². The lowest BCUT2D eigenvalue weighted by atomic mass is 10.1. The van der Waals surface area contributed by atoms with Gasteiger partial charge in [-0.1, -0.05) is 0 Å². The Morgan fingerprint density at radius 1 is 1.03 bits per heavy atom. The van der Waals surface area contributed by atoms with Crippen LogP contribution >= 0.6 is 0 Å². The van der Waals surface area contributed by atoms with Crippen molar-refractivity contribution in [1.82, 2.24) is 33.6 Å². The molecule has 4 heterocycles. The summed E-state index contributed by atoms with van der Waals surface area (Å²) in [5.74, 6) is -1.20. The highest BCUT2D eigenvalue weighted by Crippen LogP contribution is 2.32. The summed E-state index contributed by atoms with van der Waals surface area (Å²) >= 11 is 0. The zero-order chi connectivity index (χ0) is 28.1. The normalized spacial score (nSPS) is 15.3. The minimum Gasteiger partial charge on any atom is -0.335 e. The van der Waals surface area contributed by atoms with Gasteiger partial charge in [0.1, 0.15) is 10.7 Å². The van der Waals surface area contributed by atoms with Crippen molar-refractivity contribution in [2.24, 2.45) is 0 Å². The van der Waals surface area contributed by atoms with Crippen molar-refractivity contribution in [2.45, 2.75) is 31.5 Å². The molecular formula is C24H23F4N7O3S. The van der Waals surface area contributed by atoms with E-state index in [0.717, 1.165) is 24.3 Å². The van der Waals surface area contributed by atoms with Crippen LogP contribution in [0.1, 0.15) is 28.8 Å². The lowest BCUT2D eigenvalue weighted by molar-refractivity contribution is -0.142. The zero-order valence-corrected chi connectivity index (χ0v) is 21.7. The quantitative estimate of drug-likeness (QED) is 0.344. The first-order valence-electron chi connectivity index (χ1n) is 12.0. The lowest BCUT2D eigenvalue weighted by Gasteiger charge is -2.33. The standard InChI is InChI=1S/C24H23F4N7O3S/c1-3-33-14-20(15(2)30-33)39(37,38)34-10-8-32(9-11-34)23(36)19-13-22-29-18(16-4-6-17(25)7-5-16)12-21(24(26,27)28)35(22)31-19/h4-7,12-14H,3,8-11H2,1-2H3. The van der Waals surface area contributed by atoms with Gasteiger partial charge in [-0.3, -0.25) is 9.48 Å². The summed E-state index contributed by atoms with van der Waals surface area (Å²) < 4.78 is 84.5. The van der Waals surface area contributed by atoms with Gasteiger partial charge in [0.15, 0.2) is 17.0 Å². The van der Waals surface area contributed by atoms with E-state index in [1.54, 1.807) is 6.92 Å². The van der Waals surface area contributed by atoms with Crippen LogP contribution < -0.4 is 0 Å². The largest absolute Gasteiger partial charge is 0.433 e. The van der Waals surface area contributed by atoms with Crippen LogP contribution in [0, 0.1) is 12.7 Å². The van der Waals surface area contributed by atoms with Crippen molar-refractivity contribution in [3.63, 3.8) is 0 Å². The van der Waals surface area contributed by atoms with E-state index in [-0.39, 0.29) is 53.7 Å². The number of sulfonamides is 1. The summed E-state index contributed by atoms with van der Waals surface area (Å²) in [4.78, 5) is 18.8. The summed E-state index contributed by atoms with van der Waals surface area (Å²) in [6.07, 6.45) is -3.35. The number of amides is 1. The number of aromatic nitrogens is 5. The topological polar surface area (TPSA) is 106 Å². The van der Waals surface area contributed by atoms with Gasteiger partial charge in [0.25, 0.3) is 5.91 Å². The van der Waals surface area contributed by atoms with E-state index in [1.165, 1.54) is 32.2 Å². The molecule has 1 amide bonds. The number of piperazine rings is 1. The number of nitrogens with zero attached hydrogens (tertiary/aromatic N) is 7. The Hall–Kier alpha value is -3.85. The summed E-state index contributed by atoms with van der Waals surface area (Å²) in [6, 6.07) is 6.76. The van der Waals surface area contributed by atoms with Crippen molar-refractivity contribution in [1.29, 1.82) is 0 Å². The molecule has 0 N–H and O–H groups in total. The van der Waals surface area contributed by atoms with Gasteiger partial charge < -0.3 is 4.90 Å². The van der Waals surface area contributed by atoms with Gasteiger partial charge in [-0.15, -0.1) is 0 Å². The van der Waals surface area contributed by atoms with E-state index < -0.39 is 33.6 Å². The summed E-state index contributed by atoms with van der Waals surface area (Å²) in [5, 5.41) is 8.06. The maximum absolute atomic E-state index is 13.9. The molecule has 206 valence electrons. The van der Waals surface area contributed by atoms with Crippen LogP contribution in [-0.2, 0) is 22.7 Å². The third kappa shape index (κ3) is 4.98. The van der Waals surface area contributed by atoms with E-state index in [9.17, 15) is 30.8 Å². The predicted molar refractivity (Wildman–Crippen MR) is 131 cm³/mol. The number of alkyl halides is 3. The molecule has 1 fully saturated rings. The van der Waals surface area contributed by atoms with Gasteiger partial charge in [-0.25, -0.2) is 22.3 Å². The second-order valence-corrected chi connectivity index (χ2v) is 10.9. The number of rotatable bonds is 5. The van der Waals surface area contributed by atoms with Crippen molar-refractivity contribution < 1.29 is 30.8 Å². The second-order valence-electron chi connectivity index (χ2n) is 8.96. The fourth-order valence-corrected chi connectivity index (χ4v) is 5.99. The molecule has 0 radical (unpaired) electrons. The monoisotopic (exact) mass is 565 g/mol. The zero-order valence-electron chi connectivity index (χ0n) is 20.9. The van der Waals surface area contributed by atoms with Crippen LogP contribution in [0.15, 0.2) is 47.5 Å². The molecule has 39 heavy (non-hydrogen) atoms. The fraction of sp³-hybridized carbons (Fsp3) is 0.333. The maximum atomic E-state index is 13.9. The van der Waals surface area contributed by atoms with Crippen LogP contribution in [0.3, 0.4) is 0 Å². The smallest absolute Gasteiger partial charge is 0.335 e. The van der Waals surface area contributed by atoms with Gasteiger partial charge in [-0.05, 0) is 44.2 Å². The molecule has 0 atom stereocenters. The van der Waals surface area contributed by atoms with Crippen molar-refractivity contribution in [3.8, 4) is 11.3 Å². The average Bonchev–Trinajstić information content (AvgIpc) is 3.51. The molecule has 0 saturated carbocycles. The average molecular weight is 566 g/mol. The molecule has 1 aliphatic heterocycles. The first kappa shape index (κ1) is 26.7. The van der Waals surface area contributed by atoms with Crippen LogP contribution in [0.4, 0.5) is 17.6 Å². The Kier molecular flexibility index (Phi) is 6.66. The number of halogens is 4. The van der Waals surface area contributed by atoms with Crippen LogP contribution in [0.25, 0.3) is 16.9 Å². The van der Waals surface area contributed by atoms with Crippen LogP contribution in [0.5, 0.6) is 0 Å². The Bertz CT molecular complexity index is 1660. The third-order valence-corrected chi connectivity index (χ3v) is 8.45. The van der Waals surface area contributed by atoms with Crippen molar-refractivity contribution in [2.75, 3.05) is 26.2 Å². The minimum atomic E-state index is -4.81. The highest BCUT2D eigenvalue weighted by atomic mass is 32.2. The molecule has 0 unspecified atom stereocenters. The Labute approximate surface area is 220 Å². The van der Waals surface area contributed by atoms with Crippen LogP contribution in [0.2, 0.25) is 0 Å². The van der Waals surface area contributed by atoms with Gasteiger partial charge in [0.2, 0.25) is 10.0 Å². The summed E-state index contributed by atoms with van der Waals surface area (Å²) in [6.45, 7) is 3.99. The number of carbonyl (C=O) groups excluding carboxylic acids is 1. The van der Waals surface area contributed by atoms with Gasteiger partial charge in [-0.2, -0.15) is 27.7 Å². The second kappa shape index (κ2) is 9.72. The maximum Gasteiger partial charge on any atom is 0.433 e. The van der Waals surface area contributed by atoms with Crippen molar-refractivity contribution >= 4 is 21.6 Å². The number of carbonyl (C=O) groups is 1. The molecule has 0 bridgehead atoms. The Morgan fingerprint density at radius 2 is 1.69 bits per heavy atom. The molecular weight excluding hydrogens is 542 g/mol. The number of aryl methyl sites for hydroxylation is 2. The van der Waals surface area contributed by atoms with Gasteiger partial charge in [0.05, 0.1) is 11.4 Å². The Balaban J connectivity index is 1.39. The third-order valence-electron chi connectivity index (χ3n) is 6.45. The molecule has 1 aliphatic rings. The highest BCUT2D eigenvalue weighted by molar-refractivity contribution is 7.89. The highest BCUT2D eigenvalue weighted by Gasteiger charge is 2.37. The SMILES string of the molecule is CCn1cc(S(=O)(=O)N2CCN(C(=O)c3cc4nc(-c5ccc(F)cc5)cc(C(F)(F)F)n4n3)CC2)c(C)n1. The van der Waals surface area contributed by atoms with Gasteiger partial charge in [0, 0.05) is 50.6 Å². The summed E-state index contributed by atoms with van der Waals surface area (Å²) in [5.41, 5.74) is -1.06. The molecule has 0 spiro atoms. The van der Waals surface area contributed by atoms with E-state index in [4.69, 9.17) is 0 Å². The Morgan fingerprint density at radius 3 is 2.28 bits per heavy atom. The number of hydrogen-bond acceptors (Lipinski definition) is 6. The molecule has 10 nitrogen and oxygen atoms in total. The molecule has 5 rings (SSSR count). The molecule has 1 aromatic carbocycles. The van der Waals surface area contributed by atoms with Crippen LogP contribution in [-0.4, -0.2) is 74.1 Å². The summed E-state index contributed by atoms with van der Waals surface area (Å²) in [7, 11) is -3.84. The molecule has 3 aromatic heterocycles. The first-order chi connectivity index (χ1) is 18.4. The fourth-order valence-electron chi connectivity index (χ4n) is 4.40. The molecule has 0 aliphatic carbocycles. The predicted octanol–water partition coefficient (Wildman–Crippen LogP) is 3.23. The van der Waals surface area contributed by atoms with E-state index in [2.05, 4.69) is 15.2 Å². The minimum absolute atomic E-state index is 0.00104. The molecule has 4 aromatic rings. The number of hydrogen-bond donors (Lipinski definition) is 0. The molecule has 1 saturated heterocycles. The first-order valence-corrected chi connectivity index (χ1v) is 13.4.